The molecule has 1 heterocycles. The maximum atomic E-state index is 12.2. The number of unbranched alkanes of at least 4 members (excludes halogenated alkanes) is 5. The molecule has 1 fully saturated rings. The Labute approximate surface area is 112 Å². The molecule has 2 unspecified atom stereocenters. The number of nitrogens with one attached hydrogen (secondary N) is 1. The number of hydrogen-bond donors (Lipinski definition) is 1. The van der Waals surface area contributed by atoms with Crippen LogP contribution in [0.4, 0.5) is 0 Å². The predicted molar refractivity (Wildman–Crippen MR) is 76.6 cm³/mol. The van der Waals surface area contributed by atoms with Gasteiger partial charge >= 0.3 is 0 Å². The molecule has 0 aromatic rings. The molecule has 0 saturated carbocycles. The van der Waals surface area contributed by atoms with E-state index in [1.807, 2.05) is 0 Å². The zero-order valence-corrected chi connectivity index (χ0v) is 12.4. The first-order valence-electron chi connectivity index (χ1n) is 7.68. The third-order valence-corrected chi connectivity index (χ3v) is 3.86. The van der Waals surface area contributed by atoms with E-state index in [2.05, 4.69) is 31.0 Å². The van der Waals surface area contributed by atoms with E-state index < -0.39 is 0 Å². The third-order valence-electron chi connectivity index (χ3n) is 3.86. The lowest BCUT2D eigenvalue weighted by molar-refractivity contribution is -0.136. The summed E-state index contributed by atoms with van der Waals surface area (Å²) in [4.78, 5) is 14.3. The Morgan fingerprint density at radius 3 is 2.22 bits per heavy atom. The van der Waals surface area contributed by atoms with Gasteiger partial charge in [0.15, 0.2) is 0 Å². The van der Waals surface area contributed by atoms with Crippen LogP contribution in [0.1, 0.15) is 65.7 Å². The molecule has 1 rings (SSSR count). The van der Waals surface area contributed by atoms with Crippen LogP contribution in [0, 0.1) is 0 Å². The Bertz CT molecular complexity index is 233. The molecule has 0 aromatic heterocycles. The van der Waals surface area contributed by atoms with Crippen molar-refractivity contribution in [1.82, 2.24) is 10.2 Å². The third kappa shape index (κ3) is 4.97. The molecule has 0 spiro atoms. The van der Waals surface area contributed by atoms with Gasteiger partial charge in [-0.25, -0.2) is 0 Å². The summed E-state index contributed by atoms with van der Waals surface area (Å²) < 4.78 is 0. The highest BCUT2D eigenvalue weighted by Gasteiger charge is 2.27. The fourth-order valence-electron chi connectivity index (χ4n) is 2.81. The molecule has 0 aliphatic carbocycles. The lowest BCUT2D eigenvalue weighted by atomic mass is 10.1. The van der Waals surface area contributed by atoms with Crippen LogP contribution in [0.3, 0.4) is 0 Å². The molecule has 1 aliphatic heterocycles. The van der Waals surface area contributed by atoms with Crippen molar-refractivity contribution in [2.45, 2.75) is 77.8 Å². The second kappa shape index (κ2) is 8.52. The summed E-state index contributed by atoms with van der Waals surface area (Å²) in [7, 11) is 0. The van der Waals surface area contributed by atoms with Crippen LogP contribution in [-0.4, -0.2) is 36.0 Å². The molecule has 1 amide bonds. The lowest BCUT2D eigenvalue weighted by Gasteiger charge is -2.39. The van der Waals surface area contributed by atoms with Crippen LogP contribution in [0.25, 0.3) is 0 Å². The number of carbonyl (C=O) groups excluding carboxylic acids is 1. The van der Waals surface area contributed by atoms with Gasteiger partial charge in [-0.1, -0.05) is 39.0 Å². The van der Waals surface area contributed by atoms with Crippen molar-refractivity contribution >= 4 is 5.91 Å². The van der Waals surface area contributed by atoms with Crippen molar-refractivity contribution in [1.29, 1.82) is 0 Å². The van der Waals surface area contributed by atoms with Gasteiger partial charge in [0.1, 0.15) is 0 Å². The minimum Gasteiger partial charge on any atom is -0.335 e. The van der Waals surface area contributed by atoms with E-state index in [9.17, 15) is 4.79 Å². The van der Waals surface area contributed by atoms with Gasteiger partial charge in [-0.05, 0) is 20.3 Å². The van der Waals surface area contributed by atoms with Crippen LogP contribution in [0.5, 0.6) is 0 Å². The molecule has 106 valence electrons. The SMILES string of the molecule is CCCCCCCCC(=O)N1C(C)CNCC1C. The van der Waals surface area contributed by atoms with E-state index in [4.69, 9.17) is 0 Å². The van der Waals surface area contributed by atoms with Crippen molar-refractivity contribution in [3.63, 3.8) is 0 Å². The van der Waals surface area contributed by atoms with Gasteiger partial charge < -0.3 is 10.2 Å². The Kier molecular flexibility index (Phi) is 7.33. The number of rotatable bonds is 7. The van der Waals surface area contributed by atoms with E-state index in [1.54, 1.807) is 0 Å². The quantitative estimate of drug-likeness (QED) is 0.708. The molecule has 3 nitrogen and oxygen atoms in total. The highest BCUT2D eigenvalue weighted by molar-refractivity contribution is 5.77. The Morgan fingerprint density at radius 1 is 1.06 bits per heavy atom. The first-order chi connectivity index (χ1) is 8.66. The summed E-state index contributed by atoms with van der Waals surface area (Å²) in [5.41, 5.74) is 0. The molecule has 2 atom stereocenters. The van der Waals surface area contributed by atoms with Crippen molar-refractivity contribution in [3.05, 3.63) is 0 Å². The summed E-state index contributed by atoms with van der Waals surface area (Å²) >= 11 is 0. The first kappa shape index (κ1) is 15.5. The summed E-state index contributed by atoms with van der Waals surface area (Å²) in [6, 6.07) is 0.697. The van der Waals surface area contributed by atoms with Crippen molar-refractivity contribution in [2.24, 2.45) is 0 Å². The molecular weight excluding hydrogens is 224 g/mol. The summed E-state index contributed by atoms with van der Waals surface area (Å²) in [5.74, 6) is 0.354. The normalized spacial score (nSPS) is 24.3. The Morgan fingerprint density at radius 2 is 1.61 bits per heavy atom. The van der Waals surface area contributed by atoms with Gasteiger partial charge in [0.05, 0.1) is 0 Å². The Hall–Kier alpha value is -0.570. The molecule has 1 N–H and O–H groups in total. The first-order valence-corrected chi connectivity index (χ1v) is 7.68. The summed E-state index contributed by atoms with van der Waals surface area (Å²) in [6.45, 7) is 8.39. The maximum absolute atomic E-state index is 12.2. The second-order valence-electron chi connectivity index (χ2n) is 5.68. The van der Waals surface area contributed by atoms with Crippen LogP contribution in [0.2, 0.25) is 0 Å². The van der Waals surface area contributed by atoms with E-state index in [1.165, 1.54) is 32.1 Å². The maximum Gasteiger partial charge on any atom is 0.223 e. The topological polar surface area (TPSA) is 32.3 Å². The van der Waals surface area contributed by atoms with E-state index >= 15 is 0 Å². The predicted octanol–water partition coefficient (Wildman–Crippen LogP) is 2.95. The number of hydrogen-bond acceptors (Lipinski definition) is 2. The molecule has 1 saturated heterocycles. The smallest absolute Gasteiger partial charge is 0.223 e. The molecule has 0 radical (unpaired) electrons. The van der Waals surface area contributed by atoms with Crippen LogP contribution < -0.4 is 5.32 Å². The van der Waals surface area contributed by atoms with Gasteiger partial charge in [0, 0.05) is 31.6 Å². The van der Waals surface area contributed by atoms with Crippen LogP contribution in [-0.2, 0) is 4.79 Å². The fourth-order valence-corrected chi connectivity index (χ4v) is 2.81. The highest BCUT2D eigenvalue weighted by atomic mass is 16.2. The van der Waals surface area contributed by atoms with Gasteiger partial charge in [0.2, 0.25) is 5.91 Å². The van der Waals surface area contributed by atoms with Crippen LogP contribution >= 0.6 is 0 Å². The van der Waals surface area contributed by atoms with Crippen molar-refractivity contribution < 1.29 is 4.79 Å². The fraction of sp³-hybridized carbons (Fsp3) is 0.933. The number of carbonyl (C=O) groups is 1. The standard InChI is InChI=1S/C15H30N2O/c1-4-5-6-7-8-9-10-15(18)17-13(2)11-16-12-14(17)3/h13-14,16H,4-12H2,1-3H3. The summed E-state index contributed by atoms with van der Waals surface area (Å²) in [6.07, 6.45) is 8.24. The molecular formula is C15H30N2O. The Balaban J connectivity index is 2.18. The number of piperazine rings is 1. The lowest BCUT2D eigenvalue weighted by Crippen LogP contribution is -2.57. The second-order valence-corrected chi connectivity index (χ2v) is 5.68. The average Bonchev–Trinajstić information content (AvgIpc) is 2.33. The average molecular weight is 254 g/mol. The van der Waals surface area contributed by atoms with Gasteiger partial charge in [-0.15, -0.1) is 0 Å². The molecule has 3 heteroatoms. The molecule has 0 bridgehead atoms. The minimum atomic E-state index is 0.348. The van der Waals surface area contributed by atoms with E-state index in [-0.39, 0.29) is 0 Å². The molecule has 1 aliphatic rings. The molecule has 0 aromatic carbocycles. The van der Waals surface area contributed by atoms with E-state index in [0.717, 1.165) is 25.9 Å². The zero-order valence-electron chi connectivity index (χ0n) is 12.4. The number of amides is 1. The minimum absolute atomic E-state index is 0.348. The van der Waals surface area contributed by atoms with Crippen molar-refractivity contribution in [3.8, 4) is 0 Å². The summed E-state index contributed by atoms with van der Waals surface area (Å²) in [5, 5.41) is 3.37. The van der Waals surface area contributed by atoms with Crippen LogP contribution in [0.15, 0.2) is 0 Å². The monoisotopic (exact) mass is 254 g/mol. The van der Waals surface area contributed by atoms with E-state index in [0.29, 0.717) is 18.0 Å². The highest BCUT2D eigenvalue weighted by Crippen LogP contribution is 2.14. The number of nitrogens with zero attached hydrogens (tertiary/aromatic N) is 1. The largest absolute Gasteiger partial charge is 0.335 e. The zero-order chi connectivity index (χ0) is 13.4. The van der Waals surface area contributed by atoms with Crippen molar-refractivity contribution in [2.75, 3.05) is 13.1 Å². The van der Waals surface area contributed by atoms with Gasteiger partial charge in [-0.3, -0.25) is 4.79 Å². The van der Waals surface area contributed by atoms with Gasteiger partial charge in [-0.2, -0.15) is 0 Å². The van der Waals surface area contributed by atoms with Gasteiger partial charge in [0.25, 0.3) is 0 Å². The molecule has 18 heavy (non-hydrogen) atoms.